The average molecular weight is 535 g/mol. The first-order chi connectivity index (χ1) is 16.7. The maximum absolute atomic E-state index is 13.2. The number of halogens is 7. The smallest absolute Gasteiger partial charge is 0.372 e. The zero-order valence-corrected chi connectivity index (χ0v) is 20.0. The van der Waals surface area contributed by atoms with Crippen LogP contribution in [-0.4, -0.2) is 23.6 Å². The van der Waals surface area contributed by atoms with Gasteiger partial charge in [0.1, 0.15) is 0 Å². The van der Waals surface area contributed by atoms with E-state index < -0.39 is 41.7 Å². The molecule has 36 heavy (non-hydrogen) atoms. The number of hydrogen-bond acceptors (Lipinski definition) is 3. The van der Waals surface area contributed by atoms with Crippen LogP contribution in [0.5, 0.6) is 0 Å². The number of benzene rings is 2. The summed E-state index contributed by atoms with van der Waals surface area (Å²) in [5.41, 5.74) is -2.70. The minimum Gasteiger partial charge on any atom is -0.372 e. The molecule has 2 aliphatic rings. The highest BCUT2D eigenvalue weighted by atomic mass is 35.5. The average Bonchev–Trinajstić information content (AvgIpc) is 3.08. The zero-order valence-electron chi connectivity index (χ0n) is 19.3. The van der Waals surface area contributed by atoms with E-state index in [0.717, 1.165) is 5.56 Å². The summed E-state index contributed by atoms with van der Waals surface area (Å²) >= 11 is 5.88. The molecule has 4 unspecified atom stereocenters. The Hall–Kier alpha value is -2.30. The summed E-state index contributed by atoms with van der Waals surface area (Å²) < 4.78 is 84.8. The molecule has 1 amide bonds. The third-order valence-corrected chi connectivity index (χ3v) is 7.16. The number of nitrogens with one attached hydrogen (secondary N) is 2. The SMILES string of the molecule is CC12CC(C(=O)NCc3ccc(Cl)cc3)C(CCC1OCc1cc(C(F)(F)F)cc(C(F)(F)F)c1)N2. The minimum atomic E-state index is -4.92. The summed E-state index contributed by atoms with van der Waals surface area (Å²) in [4.78, 5) is 12.9. The summed E-state index contributed by atoms with van der Waals surface area (Å²) in [6, 6.07) is 8.47. The van der Waals surface area contributed by atoms with Crippen LogP contribution < -0.4 is 10.6 Å². The molecule has 4 nitrogen and oxygen atoms in total. The van der Waals surface area contributed by atoms with Crippen LogP contribution in [0.25, 0.3) is 0 Å². The number of fused-ring (bicyclic) bond motifs is 2. The van der Waals surface area contributed by atoms with Crippen molar-refractivity contribution >= 4 is 17.5 Å². The Morgan fingerprint density at radius 3 is 2.22 bits per heavy atom. The van der Waals surface area contributed by atoms with Crippen molar-refractivity contribution in [3.05, 3.63) is 69.7 Å². The Morgan fingerprint density at radius 2 is 1.64 bits per heavy atom. The molecule has 2 aliphatic heterocycles. The molecule has 0 aliphatic carbocycles. The zero-order chi connectivity index (χ0) is 26.3. The molecular formula is C25H25ClF6N2O2. The summed E-state index contributed by atoms with van der Waals surface area (Å²) in [6.07, 6.45) is -8.76. The van der Waals surface area contributed by atoms with E-state index in [4.69, 9.17) is 16.3 Å². The fourth-order valence-corrected chi connectivity index (χ4v) is 5.22. The Morgan fingerprint density at radius 1 is 1.03 bits per heavy atom. The van der Waals surface area contributed by atoms with Crippen LogP contribution in [0.2, 0.25) is 5.02 Å². The lowest BCUT2D eigenvalue weighted by atomic mass is 9.88. The predicted molar refractivity (Wildman–Crippen MR) is 121 cm³/mol. The van der Waals surface area contributed by atoms with Gasteiger partial charge in [-0.2, -0.15) is 26.3 Å². The van der Waals surface area contributed by atoms with Gasteiger partial charge in [-0.1, -0.05) is 23.7 Å². The van der Waals surface area contributed by atoms with E-state index in [1.54, 1.807) is 12.1 Å². The van der Waals surface area contributed by atoms with Gasteiger partial charge in [0.05, 0.1) is 29.8 Å². The Balaban J connectivity index is 1.41. The van der Waals surface area contributed by atoms with Crippen molar-refractivity contribution < 1.29 is 35.9 Å². The van der Waals surface area contributed by atoms with Crippen molar-refractivity contribution in [2.75, 3.05) is 0 Å². The molecule has 4 atom stereocenters. The molecule has 2 fully saturated rings. The van der Waals surface area contributed by atoms with Crippen molar-refractivity contribution in [2.45, 2.75) is 69.4 Å². The van der Waals surface area contributed by atoms with E-state index in [0.29, 0.717) is 43.0 Å². The third-order valence-electron chi connectivity index (χ3n) is 6.91. The standard InChI is InChI=1S/C25H25ClF6N2O2/c1-23-11-19(22(35)33-12-14-2-4-18(26)5-3-14)20(34-23)6-7-21(23)36-13-15-8-16(24(27,28)29)10-17(9-15)25(30,31)32/h2-5,8-10,19-21,34H,6-7,11-13H2,1H3,(H,33,35). The molecule has 0 radical (unpaired) electrons. The van der Waals surface area contributed by atoms with Gasteiger partial charge in [-0.05, 0) is 67.6 Å². The van der Waals surface area contributed by atoms with Crippen molar-refractivity contribution in [3.63, 3.8) is 0 Å². The number of rotatable bonds is 6. The fourth-order valence-electron chi connectivity index (χ4n) is 5.09. The van der Waals surface area contributed by atoms with E-state index in [1.807, 2.05) is 19.1 Å². The Kier molecular flexibility index (Phi) is 7.34. The van der Waals surface area contributed by atoms with Gasteiger partial charge in [0.25, 0.3) is 0 Å². The van der Waals surface area contributed by atoms with Gasteiger partial charge in [0.15, 0.2) is 0 Å². The summed E-state index contributed by atoms with van der Waals surface area (Å²) in [5.74, 6) is -0.458. The van der Waals surface area contributed by atoms with Crippen LogP contribution >= 0.6 is 11.6 Å². The van der Waals surface area contributed by atoms with Gasteiger partial charge in [-0.25, -0.2) is 0 Å². The maximum atomic E-state index is 13.2. The molecule has 2 N–H and O–H groups in total. The topological polar surface area (TPSA) is 50.4 Å². The molecule has 2 bridgehead atoms. The number of hydrogen-bond donors (Lipinski definition) is 2. The Bertz CT molecular complexity index is 1070. The lowest BCUT2D eigenvalue weighted by Gasteiger charge is -2.39. The molecule has 2 heterocycles. The quantitative estimate of drug-likeness (QED) is 0.440. The minimum absolute atomic E-state index is 0.0922. The van der Waals surface area contributed by atoms with Crippen molar-refractivity contribution in [2.24, 2.45) is 5.92 Å². The summed E-state index contributed by atoms with van der Waals surface area (Å²) in [5, 5.41) is 6.92. The largest absolute Gasteiger partial charge is 0.416 e. The van der Waals surface area contributed by atoms with Gasteiger partial charge in [0, 0.05) is 23.1 Å². The molecule has 2 aromatic carbocycles. The molecule has 4 rings (SSSR count). The summed E-state index contributed by atoms with van der Waals surface area (Å²) in [6.45, 7) is 1.80. The van der Waals surface area contributed by atoms with Crippen molar-refractivity contribution in [1.82, 2.24) is 10.6 Å². The first-order valence-corrected chi connectivity index (χ1v) is 11.8. The van der Waals surface area contributed by atoms with E-state index >= 15 is 0 Å². The first kappa shape index (κ1) is 26.8. The van der Waals surface area contributed by atoms with E-state index in [2.05, 4.69) is 10.6 Å². The molecule has 2 aromatic rings. The first-order valence-electron chi connectivity index (χ1n) is 11.4. The summed E-state index contributed by atoms with van der Waals surface area (Å²) in [7, 11) is 0. The Labute approximate surface area is 209 Å². The molecule has 2 saturated heterocycles. The normalized spacial score (nSPS) is 26.2. The van der Waals surface area contributed by atoms with Gasteiger partial charge in [0.2, 0.25) is 5.91 Å². The van der Waals surface area contributed by atoms with Gasteiger partial charge >= 0.3 is 12.4 Å². The lowest BCUT2D eigenvalue weighted by molar-refractivity contribution is -0.143. The highest BCUT2D eigenvalue weighted by molar-refractivity contribution is 6.30. The van der Waals surface area contributed by atoms with Crippen LogP contribution in [0.4, 0.5) is 26.3 Å². The van der Waals surface area contributed by atoms with E-state index in [9.17, 15) is 31.1 Å². The second-order valence-electron chi connectivity index (χ2n) is 9.61. The monoisotopic (exact) mass is 534 g/mol. The molecule has 0 spiro atoms. The number of alkyl halides is 6. The molecule has 0 saturated carbocycles. The van der Waals surface area contributed by atoms with Crippen molar-refractivity contribution in [3.8, 4) is 0 Å². The number of piperidine rings is 1. The second-order valence-corrected chi connectivity index (χ2v) is 10.1. The highest BCUT2D eigenvalue weighted by Gasteiger charge is 2.52. The van der Waals surface area contributed by atoms with Crippen LogP contribution in [0.3, 0.4) is 0 Å². The predicted octanol–water partition coefficient (Wildman–Crippen LogP) is 6.11. The fraction of sp³-hybridized carbons (Fsp3) is 0.480. The molecular weight excluding hydrogens is 510 g/mol. The van der Waals surface area contributed by atoms with Crippen LogP contribution in [0, 0.1) is 5.92 Å². The highest BCUT2D eigenvalue weighted by Crippen LogP contribution is 2.42. The number of carbonyl (C=O) groups excluding carboxylic acids is 1. The number of amides is 1. The van der Waals surface area contributed by atoms with Crippen LogP contribution in [-0.2, 0) is 35.0 Å². The van der Waals surface area contributed by atoms with Crippen LogP contribution in [0.1, 0.15) is 48.4 Å². The van der Waals surface area contributed by atoms with Gasteiger partial charge in [-0.15, -0.1) is 0 Å². The lowest BCUT2D eigenvalue weighted by Crippen LogP contribution is -2.55. The second kappa shape index (κ2) is 9.87. The molecule has 0 aromatic heterocycles. The van der Waals surface area contributed by atoms with E-state index in [-0.39, 0.29) is 29.5 Å². The van der Waals surface area contributed by atoms with E-state index in [1.165, 1.54) is 0 Å². The third kappa shape index (κ3) is 5.98. The number of carbonyl (C=O) groups is 1. The molecule has 11 heteroatoms. The van der Waals surface area contributed by atoms with Crippen LogP contribution in [0.15, 0.2) is 42.5 Å². The van der Waals surface area contributed by atoms with Gasteiger partial charge in [-0.3, -0.25) is 4.79 Å². The maximum Gasteiger partial charge on any atom is 0.416 e. The number of ether oxygens (including phenoxy) is 1. The molecule has 196 valence electrons. The van der Waals surface area contributed by atoms with Gasteiger partial charge < -0.3 is 15.4 Å². The van der Waals surface area contributed by atoms with Crippen molar-refractivity contribution in [1.29, 1.82) is 0 Å².